The molecule has 0 bridgehead atoms. The first kappa shape index (κ1) is 41.1. The number of hydrogen-bond acceptors (Lipinski definition) is 8. The minimum atomic E-state index is -1.97. The number of rotatable bonds is 14. The standard InChI is InChI=1S/C49H42O8/c1-23(2)41(50)31-21-35(37(43(52)25(5)6)39(47(31)56)45(54)27(9)10)49(33-19-15-13-17-29(33)30-18-14-16-20-34(30)49)36-22-32(42(51)24(3)4)48(57)40(46(55)28(11)12)38(36)44(53)26(7)8/h13-22,56-57H,1,3,5,7,9,11H2,2,4,6,8,10,12H3. The monoisotopic (exact) mass is 758 g/mol. The lowest BCUT2D eigenvalue weighted by molar-refractivity contribution is 0.0991. The summed E-state index contributed by atoms with van der Waals surface area (Å²) in [6, 6.07) is 16.6. The summed E-state index contributed by atoms with van der Waals surface area (Å²) in [5.41, 5.74) is -3.11. The first-order chi connectivity index (χ1) is 26.6. The second-order valence-electron chi connectivity index (χ2n) is 14.6. The zero-order valence-electron chi connectivity index (χ0n) is 32.9. The van der Waals surface area contributed by atoms with Crippen LogP contribution < -0.4 is 0 Å². The molecule has 4 aromatic rings. The highest BCUT2D eigenvalue weighted by Gasteiger charge is 2.52. The molecule has 0 spiro atoms. The number of hydrogen-bond donors (Lipinski definition) is 2. The number of carbonyl (C=O) groups is 6. The summed E-state index contributed by atoms with van der Waals surface area (Å²) in [4.78, 5) is 86.4. The van der Waals surface area contributed by atoms with E-state index >= 15 is 0 Å². The number of allylic oxidation sites excluding steroid dienone is 6. The van der Waals surface area contributed by atoms with Gasteiger partial charge in [-0.2, -0.15) is 0 Å². The molecule has 8 heteroatoms. The van der Waals surface area contributed by atoms with Crippen molar-refractivity contribution in [2.45, 2.75) is 47.0 Å². The van der Waals surface area contributed by atoms with Gasteiger partial charge in [0.05, 0.1) is 27.7 Å². The third-order valence-corrected chi connectivity index (χ3v) is 10.1. The number of phenolic OH excluding ortho intramolecular Hbond substituents is 2. The van der Waals surface area contributed by atoms with Crippen LogP contribution in [-0.4, -0.2) is 44.9 Å². The zero-order chi connectivity index (χ0) is 42.6. The Balaban J connectivity index is 2.35. The first-order valence-electron chi connectivity index (χ1n) is 17.9. The Bertz CT molecular complexity index is 2480. The van der Waals surface area contributed by atoms with Gasteiger partial charge in [0.1, 0.15) is 11.5 Å². The Kier molecular flexibility index (Phi) is 10.7. The topological polar surface area (TPSA) is 143 Å². The molecule has 1 aliphatic carbocycles. The molecular weight excluding hydrogens is 717 g/mol. The highest BCUT2D eigenvalue weighted by Crippen LogP contribution is 2.60. The number of carbonyl (C=O) groups excluding carboxylic acids is 6. The quantitative estimate of drug-likeness (QED) is 0.0842. The molecule has 0 atom stereocenters. The number of phenols is 2. The summed E-state index contributed by atoms with van der Waals surface area (Å²) in [6.45, 7) is 31.4. The van der Waals surface area contributed by atoms with E-state index in [1.807, 2.05) is 0 Å². The van der Waals surface area contributed by atoms with Crippen molar-refractivity contribution in [3.63, 3.8) is 0 Å². The van der Waals surface area contributed by atoms with Gasteiger partial charge >= 0.3 is 0 Å². The Labute approximate surface area is 331 Å². The molecule has 0 radical (unpaired) electrons. The summed E-state index contributed by atoms with van der Waals surface area (Å²) >= 11 is 0. The molecule has 0 amide bonds. The lowest BCUT2D eigenvalue weighted by atomic mass is 9.62. The fourth-order valence-corrected chi connectivity index (χ4v) is 7.47. The maximum atomic E-state index is 14.8. The minimum Gasteiger partial charge on any atom is -0.506 e. The number of benzene rings is 4. The van der Waals surface area contributed by atoms with E-state index < -0.39 is 73.9 Å². The highest BCUT2D eigenvalue weighted by atomic mass is 16.3. The van der Waals surface area contributed by atoms with Crippen molar-refractivity contribution < 1.29 is 39.0 Å². The van der Waals surface area contributed by atoms with Gasteiger partial charge in [-0.25, -0.2) is 0 Å². The molecule has 0 saturated carbocycles. The van der Waals surface area contributed by atoms with Crippen LogP contribution in [0.5, 0.6) is 11.5 Å². The normalized spacial score (nSPS) is 12.1. The van der Waals surface area contributed by atoms with E-state index in [1.54, 1.807) is 48.5 Å². The predicted molar refractivity (Wildman–Crippen MR) is 222 cm³/mol. The van der Waals surface area contributed by atoms with Gasteiger partial charge in [-0.1, -0.05) is 88.0 Å². The van der Waals surface area contributed by atoms with Crippen molar-refractivity contribution >= 4 is 34.7 Å². The molecule has 286 valence electrons. The van der Waals surface area contributed by atoms with E-state index in [-0.39, 0.29) is 55.7 Å². The van der Waals surface area contributed by atoms with Crippen LogP contribution in [0.25, 0.3) is 11.1 Å². The maximum absolute atomic E-state index is 14.8. The number of aromatic hydroxyl groups is 2. The third-order valence-electron chi connectivity index (χ3n) is 10.1. The predicted octanol–water partition coefficient (Wildman–Crippen LogP) is 10.0. The van der Waals surface area contributed by atoms with Crippen LogP contribution in [0.3, 0.4) is 0 Å². The third kappa shape index (κ3) is 6.29. The molecule has 1 aliphatic rings. The summed E-state index contributed by atoms with van der Waals surface area (Å²) in [5.74, 6) is -6.50. The van der Waals surface area contributed by atoms with Crippen LogP contribution in [0.2, 0.25) is 0 Å². The minimum absolute atomic E-state index is 0.0170. The average molecular weight is 759 g/mol. The van der Waals surface area contributed by atoms with E-state index in [4.69, 9.17) is 0 Å². The van der Waals surface area contributed by atoms with Crippen LogP contribution in [0.4, 0.5) is 0 Å². The van der Waals surface area contributed by atoms with Crippen molar-refractivity contribution in [2.24, 2.45) is 0 Å². The molecule has 2 N–H and O–H groups in total. The Hall–Kier alpha value is -7.06. The summed E-state index contributed by atoms with van der Waals surface area (Å²) in [7, 11) is 0. The number of Topliss-reactive ketones (excluding diaryl/α,β-unsaturated/α-hetero) is 6. The first-order valence-corrected chi connectivity index (χ1v) is 17.9. The smallest absolute Gasteiger partial charge is 0.192 e. The summed E-state index contributed by atoms with van der Waals surface area (Å²) < 4.78 is 0. The van der Waals surface area contributed by atoms with Gasteiger partial charge in [-0.3, -0.25) is 28.8 Å². The molecular formula is C49H42O8. The zero-order valence-corrected chi connectivity index (χ0v) is 32.9. The van der Waals surface area contributed by atoms with Gasteiger partial charge < -0.3 is 10.2 Å². The molecule has 57 heavy (non-hydrogen) atoms. The molecule has 0 heterocycles. The second kappa shape index (κ2) is 14.9. The van der Waals surface area contributed by atoms with Crippen LogP contribution >= 0.6 is 0 Å². The molecule has 0 aliphatic heterocycles. The van der Waals surface area contributed by atoms with Gasteiger partial charge in [-0.15, -0.1) is 0 Å². The van der Waals surface area contributed by atoms with Crippen molar-refractivity contribution in [1.82, 2.24) is 0 Å². The van der Waals surface area contributed by atoms with Crippen LogP contribution in [0.15, 0.2) is 134 Å². The van der Waals surface area contributed by atoms with Crippen molar-refractivity contribution in [3.05, 3.63) is 189 Å². The lowest BCUT2D eigenvalue weighted by Gasteiger charge is -2.38. The molecule has 8 nitrogen and oxygen atoms in total. The Morgan fingerprint density at radius 1 is 0.404 bits per heavy atom. The highest BCUT2D eigenvalue weighted by molar-refractivity contribution is 6.26. The lowest BCUT2D eigenvalue weighted by Crippen LogP contribution is -2.35. The van der Waals surface area contributed by atoms with Gasteiger partial charge in [-0.05, 0) is 120 Å². The number of ketones is 6. The van der Waals surface area contributed by atoms with Crippen LogP contribution in [0.1, 0.15) is 126 Å². The summed E-state index contributed by atoms with van der Waals surface area (Å²) in [5, 5.41) is 23.9. The van der Waals surface area contributed by atoms with E-state index in [1.165, 1.54) is 53.7 Å². The van der Waals surface area contributed by atoms with Gasteiger partial charge in [0.25, 0.3) is 0 Å². The van der Waals surface area contributed by atoms with E-state index in [9.17, 15) is 39.0 Å². The summed E-state index contributed by atoms with van der Waals surface area (Å²) in [6.07, 6.45) is 0. The van der Waals surface area contributed by atoms with E-state index in [2.05, 4.69) is 39.5 Å². The number of fused-ring (bicyclic) bond motifs is 3. The van der Waals surface area contributed by atoms with Gasteiger partial charge in [0, 0.05) is 11.1 Å². The largest absolute Gasteiger partial charge is 0.506 e. The molecule has 0 unspecified atom stereocenters. The molecule has 0 fully saturated rings. The van der Waals surface area contributed by atoms with Crippen molar-refractivity contribution in [2.75, 3.05) is 0 Å². The molecule has 0 aromatic heterocycles. The Morgan fingerprint density at radius 2 is 0.667 bits per heavy atom. The average Bonchev–Trinajstić information content (AvgIpc) is 3.46. The van der Waals surface area contributed by atoms with Gasteiger partial charge in [0.2, 0.25) is 0 Å². The molecule has 5 rings (SSSR count). The fourth-order valence-electron chi connectivity index (χ4n) is 7.47. The fraction of sp³-hybridized carbons (Fsp3) is 0.143. The maximum Gasteiger partial charge on any atom is 0.192 e. The van der Waals surface area contributed by atoms with Crippen LogP contribution in [0, 0.1) is 0 Å². The SMILES string of the molecule is C=C(C)C(=O)c1cc(C2(c3cc(C(=O)C(=C)C)c(O)c(C(=O)C(=C)C)c3C(=O)C(=C)C)c3ccccc3-c3ccccc32)c(C(=O)C(=C)C)c(C(=O)C(=C)C)c1O. The molecule has 4 aromatic carbocycles. The van der Waals surface area contributed by atoms with E-state index in [0.29, 0.717) is 22.3 Å². The van der Waals surface area contributed by atoms with Crippen molar-refractivity contribution in [1.29, 1.82) is 0 Å². The second-order valence-corrected chi connectivity index (χ2v) is 14.6. The van der Waals surface area contributed by atoms with Gasteiger partial charge in [0.15, 0.2) is 34.7 Å². The molecule has 0 saturated heterocycles. The van der Waals surface area contributed by atoms with Crippen molar-refractivity contribution in [3.8, 4) is 22.6 Å². The Morgan fingerprint density at radius 3 is 0.947 bits per heavy atom. The van der Waals surface area contributed by atoms with Crippen LogP contribution in [-0.2, 0) is 5.41 Å². The van der Waals surface area contributed by atoms with E-state index in [0.717, 1.165) is 0 Å².